The normalized spacial score (nSPS) is 17.6. The second kappa shape index (κ2) is 7.65. The molecule has 0 aliphatic carbocycles. The smallest absolute Gasteiger partial charge is 0.387 e. The number of benzene rings is 1. The molecule has 8 nitrogen and oxygen atoms in total. The van der Waals surface area contributed by atoms with Crippen LogP contribution in [0.1, 0.15) is 18.7 Å². The van der Waals surface area contributed by atoms with E-state index in [2.05, 4.69) is 14.9 Å². The molecule has 0 saturated carbocycles. The first-order valence-corrected chi connectivity index (χ1v) is 7.90. The maximum absolute atomic E-state index is 12.4. The van der Waals surface area contributed by atoms with E-state index in [0.29, 0.717) is 18.5 Å². The number of aliphatic carboxylic acids is 1. The van der Waals surface area contributed by atoms with Gasteiger partial charge in [-0.25, -0.2) is 0 Å². The molecule has 1 aliphatic heterocycles. The zero-order chi connectivity index (χ0) is 18.7. The lowest BCUT2D eigenvalue weighted by molar-refractivity contribution is -0.142. The molecule has 0 amide bonds. The minimum absolute atomic E-state index is 0.101. The molecular formula is C16H17F2N3O5. The van der Waals surface area contributed by atoms with Gasteiger partial charge in [0.15, 0.2) is 11.5 Å². The summed E-state index contributed by atoms with van der Waals surface area (Å²) in [6.07, 6.45) is 1.37. The van der Waals surface area contributed by atoms with Crippen molar-refractivity contribution < 1.29 is 32.7 Å². The van der Waals surface area contributed by atoms with Crippen molar-refractivity contribution in [1.82, 2.24) is 15.0 Å². The number of ether oxygens (including phenoxy) is 2. The highest BCUT2D eigenvalue weighted by atomic mass is 19.3. The van der Waals surface area contributed by atoms with Gasteiger partial charge in [-0.2, -0.15) is 13.8 Å². The number of alkyl halides is 2. The number of hydrogen-bond donors (Lipinski definition) is 1. The van der Waals surface area contributed by atoms with Crippen LogP contribution in [0.15, 0.2) is 22.7 Å². The number of carboxylic acids is 1. The highest BCUT2D eigenvalue weighted by Crippen LogP contribution is 2.32. The quantitative estimate of drug-likeness (QED) is 0.794. The minimum atomic E-state index is -2.96. The molecule has 1 N–H and O–H groups in total. The number of halogens is 2. The number of carbonyl (C=O) groups is 1. The molecule has 0 radical (unpaired) electrons. The molecule has 2 heterocycles. The van der Waals surface area contributed by atoms with Crippen LogP contribution in [0.5, 0.6) is 11.5 Å². The van der Waals surface area contributed by atoms with E-state index in [-0.39, 0.29) is 29.8 Å². The molecule has 26 heavy (non-hydrogen) atoms. The molecule has 1 fully saturated rings. The Bertz CT molecular complexity index is 783. The highest BCUT2D eigenvalue weighted by Gasteiger charge is 2.31. The van der Waals surface area contributed by atoms with Crippen molar-refractivity contribution in [2.24, 2.45) is 0 Å². The Labute approximate surface area is 147 Å². The lowest BCUT2D eigenvalue weighted by atomic mass is 10.2. The van der Waals surface area contributed by atoms with Crippen LogP contribution in [0.3, 0.4) is 0 Å². The van der Waals surface area contributed by atoms with E-state index in [0.717, 1.165) is 6.42 Å². The maximum atomic E-state index is 12.4. The number of rotatable bonds is 7. The molecule has 1 atom stereocenters. The van der Waals surface area contributed by atoms with Crippen molar-refractivity contribution in [2.75, 3.05) is 13.7 Å². The van der Waals surface area contributed by atoms with Crippen molar-refractivity contribution in [3.8, 4) is 22.9 Å². The van der Waals surface area contributed by atoms with E-state index in [1.165, 1.54) is 25.3 Å². The Kier molecular flexibility index (Phi) is 5.31. The first-order valence-electron chi connectivity index (χ1n) is 7.90. The molecule has 0 bridgehead atoms. The Balaban J connectivity index is 1.76. The van der Waals surface area contributed by atoms with Gasteiger partial charge in [0.1, 0.15) is 6.04 Å². The van der Waals surface area contributed by atoms with Gasteiger partial charge in [-0.3, -0.25) is 9.69 Å². The second-order valence-electron chi connectivity index (χ2n) is 5.72. The van der Waals surface area contributed by atoms with Gasteiger partial charge in [0.05, 0.1) is 13.7 Å². The summed E-state index contributed by atoms with van der Waals surface area (Å²) in [5.74, 6) is -0.342. The van der Waals surface area contributed by atoms with E-state index < -0.39 is 18.6 Å². The fourth-order valence-corrected chi connectivity index (χ4v) is 2.91. The van der Waals surface area contributed by atoms with Crippen LogP contribution < -0.4 is 9.47 Å². The number of methoxy groups -OCH3 is 1. The summed E-state index contributed by atoms with van der Waals surface area (Å²) in [6, 6.07) is 3.74. The third kappa shape index (κ3) is 3.90. The second-order valence-corrected chi connectivity index (χ2v) is 5.72. The molecule has 1 aliphatic rings. The molecule has 1 unspecified atom stereocenters. The summed E-state index contributed by atoms with van der Waals surface area (Å²) in [5, 5.41) is 13.1. The van der Waals surface area contributed by atoms with Crippen molar-refractivity contribution in [3.05, 3.63) is 24.1 Å². The summed E-state index contributed by atoms with van der Waals surface area (Å²) in [7, 11) is 1.33. The predicted molar refractivity (Wildman–Crippen MR) is 84.0 cm³/mol. The van der Waals surface area contributed by atoms with E-state index >= 15 is 0 Å². The fourth-order valence-electron chi connectivity index (χ4n) is 2.91. The Morgan fingerprint density at radius 2 is 2.27 bits per heavy atom. The summed E-state index contributed by atoms with van der Waals surface area (Å²) < 4.78 is 39.4. The number of hydrogen-bond acceptors (Lipinski definition) is 7. The maximum Gasteiger partial charge on any atom is 0.387 e. The Morgan fingerprint density at radius 1 is 1.46 bits per heavy atom. The Morgan fingerprint density at radius 3 is 2.96 bits per heavy atom. The third-order valence-electron chi connectivity index (χ3n) is 4.09. The average Bonchev–Trinajstić information content (AvgIpc) is 3.24. The summed E-state index contributed by atoms with van der Waals surface area (Å²) >= 11 is 0. The van der Waals surface area contributed by atoms with Gasteiger partial charge >= 0.3 is 12.6 Å². The van der Waals surface area contributed by atoms with Gasteiger partial charge in [0, 0.05) is 5.56 Å². The zero-order valence-electron chi connectivity index (χ0n) is 13.9. The molecule has 1 aromatic heterocycles. The summed E-state index contributed by atoms with van der Waals surface area (Å²) in [6.45, 7) is -2.09. The van der Waals surface area contributed by atoms with Crippen LogP contribution in [-0.2, 0) is 11.3 Å². The summed E-state index contributed by atoms with van der Waals surface area (Å²) in [4.78, 5) is 17.2. The highest BCUT2D eigenvalue weighted by molar-refractivity contribution is 5.73. The third-order valence-corrected chi connectivity index (χ3v) is 4.09. The van der Waals surface area contributed by atoms with Gasteiger partial charge in [-0.1, -0.05) is 5.16 Å². The fraction of sp³-hybridized carbons (Fsp3) is 0.438. The molecule has 10 heteroatoms. The lowest BCUT2D eigenvalue weighted by Crippen LogP contribution is -2.35. The van der Waals surface area contributed by atoms with Crippen molar-refractivity contribution in [2.45, 2.75) is 32.0 Å². The molecule has 2 aromatic rings. The van der Waals surface area contributed by atoms with Crippen molar-refractivity contribution in [1.29, 1.82) is 0 Å². The van der Waals surface area contributed by atoms with Gasteiger partial charge in [-0.15, -0.1) is 0 Å². The molecule has 0 spiro atoms. The number of nitrogens with zero attached hydrogens (tertiary/aromatic N) is 3. The Hall–Kier alpha value is -2.75. The predicted octanol–water partition coefficient (Wildman–Crippen LogP) is 2.40. The topological polar surface area (TPSA) is 97.9 Å². The zero-order valence-corrected chi connectivity index (χ0v) is 13.9. The summed E-state index contributed by atoms with van der Waals surface area (Å²) in [5.41, 5.74) is 0.495. The minimum Gasteiger partial charge on any atom is -0.493 e. The number of aromatic nitrogens is 2. The molecule has 1 saturated heterocycles. The van der Waals surface area contributed by atoms with Crippen LogP contribution >= 0.6 is 0 Å². The monoisotopic (exact) mass is 369 g/mol. The van der Waals surface area contributed by atoms with Crippen molar-refractivity contribution in [3.63, 3.8) is 0 Å². The van der Waals surface area contributed by atoms with Crippen LogP contribution in [0.25, 0.3) is 11.4 Å². The molecule has 140 valence electrons. The molecular weight excluding hydrogens is 352 g/mol. The van der Waals surface area contributed by atoms with E-state index in [9.17, 15) is 18.7 Å². The van der Waals surface area contributed by atoms with Gasteiger partial charge < -0.3 is 19.1 Å². The number of carboxylic acid groups (broad SMARTS) is 1. The van der Waals surface area contributed by atoms with E-state index in [1.807, 2.05) is 0 Å². The molecule has 1 aromatic carbocycles. The number of likely N-dealkylation sites (tertiary alicyclic amines) is 1. The van der Waals surface area contributed by atoms with Crippen LogP contribution in [0.4, 0.5) is 8.78 Å². The first-order chi connectivity index (χ1) is 12.5. The van der Waals surface area contributed by atoms with E-state index in [4.69, 9.17) is 9.26 Å². The average molecular weight is 369 g/mol. The lowest BCUT2D eigenvalue weighted by Gasteiger charge is -2.18. The standard InChI is InChI=1S/C16H17F2N3O5/c1-24-12-7-9(4-5-11(12)25-16(17)18)14-19-13(26-20-14)8-21-6-2-3-10(21)15(22)23/h4-5,7,10,16H,2-3,6,8H2,1H3,(H,22,23). The van der Waals surface area contributed by atoms with Crippen LogP contribution in [-0.4, -0.2) is 52.4 Å². The van der Waals surface area contributed by atoms with Crippen molar-refractivity contribution >= 4 is 5.97 Å². The largest absolute Gasteiger partial charge is 0.493 e. The van der Waals surface area contributed by atoms with Crippen LogP contribution in [0.2, 0.25) is 0 Å². The van der Waals surface area contributed by atoms with Gasteiger partial charge in [-0.05, 0) is 37.6 Å². The van der Waals surface area contributed by atoms with Gasteiger partial charge in [0.2, 0.25) is 11.7 Å². The SMILES string of the molecule is COc1cc(-c2noc(CN3CCCC3C(=O)O)n2)ccc1OC(F)F. The molecule has 3 rings (SSSR count). The van der Waals surface area contributed by atoms with Crippen LogP contribution in [0, 0.1) is 0 Å². The first kappa shape index (κ1) is 18.1. The van der Waals surface area contributed by atoms with E-state index in [1.54, 1.807) is 4.90 Å². The van der Waals surface area contributed by atoms with Gasteiger partial charge in [0.25, 0.3) is 0 Å².